The van der Waals surface area contributed by atoms with Crippen molar-refractivity contribution in [3.8, 4) is 5.75 Å². The molecule has 1 aromatic carbocycles. The maximum absolute atomic E-state index is 13.4. The lowest BCUT2D eigenvalue weighted by molar-refractivity contribution is 0.284. The molecule has 6 heteroatoms. The molecule has 0 bridgehead atoms. The van der Waals surface area contributed by atoms with Crippen LogP contribution in [0.2, 0.25) is 0 Å². The quantitative estimate of drug-likeness (QED) is 0.845. The molecule has 1 heterocycles. The molecule has 114 valence electrons. The van der Waals surface area contributed by atoms with E-state index in [0.29, 0.717) is 18.2 Å². The van der Waals surface area contributed by atoms with Gasteiger partial charge in [0.15, 0.2) is 11.6 Å². The Morgan fingerprint density at radius 2 is 2.14 bits per heavy atom. The van der Waals surface area contributed by atoms with Crippen molar-refractivity contribution in [1.82, 2.24) is 10.3 Å². The molecule has 0 saturated heterocycles. The third-order valence-electron chi connectivity index (χ3n) is 2.70. The average Bonchev–Trinajstić information content (AvgIpc) is 2.87. The second-order valence-electron chi connectivity index (χ2n) is 5.12. The van der Waals surface area contributed by atoms with Gasteiger partial charge in [-0.1, -0.05) is 13.8 Å². The topological polar surface area (TPSA) is 34.2 Å². The summed E-state index contributed by atoms with van der Waals surface area (Å²) in [6, 6.07) is 3.14. The molecule has 2 aromatic rings. The third kappa shape index (κ3) is 5.06. The second kappa shape index (κ2) is 7.47. The summed E-state index contributed by atoms with van der Waals surface area (Å²) in [7, 11) is 0. The Kier molecular flexibility index (Phi) is 5.64. The summed E-state index contributed by atoms with van der Waals surface area (Å²) in [6.45, 7) is 6.04. The molecule has 0 fully saturated rings. The maximum atomic E-state index is 13.4. The monoisotopic (exact) mass is 312 g/mol. The van der Waals surface area contributed by atoms with Crippen LogP contribution in [0.5, 0.6) is 5.75 Å². The number of benzene rings is 1. The first kappa shape index (κ1) is 15.9. The minimum absolute atomic E-state index is 0.0949. The molecule has 0 aliphatic carbocycles. The van der Waals surface area contributed by atoms with Gasteiger partial charge in [0.2, 0.25) is 0 Å². The highest BCUT2D eigenvalue weighted by molar-refractivity contribution is 7.09. The molecule has 1 N–H and O–H groups in total. The highest BCUT2D eigenvalue weighted by Gasteiger charge is 2.07. The molecule has 0 radical (unpaired) electrons. The van der Waals surface area contributed by atoms with E-state index in [1.54, 1.807) is 0 Å². The fourth-order valence-corrected chi connectivity index (χ4v) is 2.45. The van der Waals surface area contributed by atoms with Crippen molar-refractivity contribution >= 4 is 11.3 Å². The minimum atomic E-state index is -0.578. The van der Waals surface area contributed by atoms with Crippen molar-refractivity contribution in [3.05, 3.63) is 45.9 Å². The van der Waals surface area contributed by atoms with Gasteiger partial charge in [-0.05, 0) is 24.6 Å². The molecule has 0 aliphatic heterocycles. The van der Waals surface area contributed by atoms with Crippen molar-refractivity contribution in [3.63, 3.8) is 0 Å². The maximum Gasteiger partial charge on any atom is 0.165 e. The van der Waals surface area contributed by atoms with Crippen LogP contribution < -0.4 is 10.1 Å². The second-order valence-corrected chi connectivity index (χ2v) is 6.06. The van der Waals surface area contributed by atoms with E-state index in [4.69, 9.17) is 4.74 Å². The van der Waals surface area contributed by atoms with Gasteiger partial charge in [-0.3, -0.25) is 0 Å². The summed E-state index contributed by atoms with van der Waals surface area (Å²) < 4.78 is 31.7. The van der Waals surface area contributed by atoms with Crippen molar-refractivity contribution in [2.75, 3.05) is 6.54 Å². The van der Waals surface area contributed by atoms with E-state index in [2.05, 4.69) is 24.1 Å². The Balaban J connectivity index is 1.86. The highest BCUT2D eigenvalue weighted by Crippen LogP contribution is 2.20. The highest BCUT2D eigenvalue weighted by atomic mass is 32.1. The first-order chi connectivity index (χ1) is 10.0. The van der Waals surface area contributed by atoms with E-state index in [-0.39, 0.29) is 12.4 Å². The number of ether oxygens (including phenoxy) is 1. The zero-order chi connectivity index (χ0) is 15.2. The molecule has 0 spiro atoms. The van der Waals surface area contributed by atoms with E-state index in [0.717, 1.165) is 29.8 Å². The molecular weight excluding hydrogens is 294 g/mol. The van der Waals surface area contributed by atoms with Gasteiger partial charge in [-0.25, -0.2) is 13.8 Å². The van der Waals surface area contributed by atoms with Crippen molar-refractivity contribution in [2.24, 2.45) is 5.92 Å². The molecule has 21 heavy (non-hydrogen) atoms. The number of halogens is 2. The largest absolute Gasteiger partial charge is 0.484 e. The van der Waals surface area contributed by atoms with Gasteiger partial charge in [-0.2, -0.15) is 0 Å². The Labute approximate surface area is 127 Å². The minimum Gasteiger partial charge on any atom is -0.484 e. The van der Waals surface area contributed by atoms with E-state index in [1.807, 2.05) is 5.38 Å². The summed E-state index contributed by atoms with van der Waals surface area (Å²) in [5.41, 5.74) is 0.713. The van der Waals surface area contributed by atoms with Crippen LogP contribution in [0.3, 0.4) is 0 Å². The van der Waals surface area contributed by atoms with Crippen LogP contribution in [-0.4, -0.2) is 11.5 Å². The molecule has 1 aromatic heterocycles. The van der Waals surface area contributed by atoms with Gasteiger partial charge < -0.3 is 10.1 Å². The Morgan fingerprint density at radius 1 is 1.33 bits per heavy atom. The van der Waals surface area contributed by atoms with Gasteiger partial charge >= 0.3 is 0 Å². The molecule has 0 atom stereocenters. The number of rotatable bonds is 7. The van der Waals surface area contributed by atoms with Crippen molar-refractivity contribution in [2.45, 2.75) is 27.0 Å². The van der Waals surface area contributed by atoms with Crippen molar-refractivity contribution in [1.29, 1.82) is 0 Å². The molecular formula is C15H18F2N2OS. The normalized spacial score (nSPS) is 11.1. The van der Waals surface area contributed by atoms with Gasteiger partial charge in [-0.15, -0.1) is 11.3 Å². The molecule has 0 saturated carbocycles. The number of hydrogen-bond donors (Lipinski definition) is 1. The fraction of sp³-hybridized carbons (Fsp3) is 0.400. The van der Waals surface area contributed by atoms with Crippen LogP contribution in [0, 0.1) is 17.6 Å². The van der Waals surface area contributed by atoms with Gasteiger partial charge in [0.05, 0.1) is 5.69 Å². The van der Waals surface area contributed by atoms with E-state index >= 15 is 0 Å². The predicted molar refractivity (Wildman–Crippen MR) is 79.3 cm³/mol. The predicted octanol–water partition coefficient (Wildman–Crippen LogP) is 3.75. The first-order valence-corrected chi connectivity index (χ1v) is 7.64. The van der Waals surface area contributed by atoms with E-state index in [1.165, 1.54) is 11.3 Å². The van der Waals surface area contributed by atoms with E-state index < -0.39 is 11.6 Å². The van der Waals surface area contributed by atoms with Crippen LogP contribution >= 0.6 is 11.3 Å². The summed E-state index contributed by atoms with van der Waals surface area (Å²) >= 11 is 1.52. The van der Waals surface area contributed by atoms with Crippen LogP contribution in [0.4, 0.5) is 8.78 Å². The fourth-order valence-electron chi connectivity index (χ4n) is 1.70. The molecule has 0 aliphatic rings. The lowest BCUT2D eigenvalue weighted by Gasteiger charge is -2.06. The first-order valence-electron chi connectivity index (χ1n) is 6.76. The van der Waals surface area contributed by atoms with Crippen molar-refractivity contribution < 1.29 is 13.5 Å². The standard InChI is InChI=1S/C15H18F2N2OS/c1-10(2)6-18-7-15-19-12(9-21-15)8-20-14-5-11(16)3-4-13(14)17/h3-5,9-10,18H,6-8H2,1-2H3. The summed E-state index contributed by atoms with van der Waals surface area (Å²) in [5.74, 6) is -0.611. The Hall–Kier alpha value is -1.53. The summed E-state index contributed by atoms with van der Waals surface area (Å²) in [4.78, 5) is 4.39. The van der Waals surface area contributed by atoms with Gasteiger partial charge in [0.1, 0.15) is 17.4 Å². The molecule has 2 rings (SSSR count). The lowest BCUT2D eigenvalue weighted by atomic mass is 10.2. The Morgan fingerprint density at radius 3 is 2.90 bits per heavy atom. The number of hydrogen-bond acceptors (Lipinski definition) is 4. The Bertz CT molecular complexity index is 587. The number of thiazole rings is 1. The molecule has 0 unspecified atom stereocenters. The zero-order valence-corrected chi connectivity index (χ0v) is 12.8. The third-order valence-corrected chi connectivity index (χ3v) is 3.59. The number of aromatic nitrogens is 1. The molecule has 0 amide bonds. The zero-order valence-electron chi connectivity index (χ0n) is 12.0. The van der Waals surface area contributed by atoms with Crippen LogP contribution in [0.15, 0.2) is 23.6 Å². The van der Waals surface area contributed by atoms with Crippen LogP contribution in [0.25, 0.3) is 0 Å². The van der Waals surface area contributed by atoms with Gasteiger partial charge in [0, 0.05) is 18.0 Å². The number of nitrogens with zero attached hydrogens (tertiary/aromatic N) is 1. The van der Waals surface area contributed by atoms with E-state index in [9.17, 15) is 8.78 Å². The summed E-state index contributed by atoms with van der Waals surface area (Å²) in [6.07, 6.45) is 0. The van der Waals surface area contributed by atoms with Crippen LogP contribution in [0.1, 0.15) is 24.5 Å². The molecule has 3 nitrogen and oxygen atoms in total. The SMILES string of the molecule is CC(C)CNCc1nc(COc2cc(F)ccc2F)cs1. The number of nitrogens with one attached hydrogen (secondary N) is 1. The lowest BCUT2D eigenvalue weighted by Crippen LogP contribution is -2.18. The van der Waals surface area contributed by atoms with Gasteiger partial charge in [0.25, 0.3) is 0 Å². The average molecular weight is 312 g/mol. The summed E-state index contributed by atoms with van der Waals surface area (Å²) in [5, 5.41) is 6.12. The smallest absolute Gasteiger partial charge is 0.165 e. The van der Waals surface area contributed by atoms with Crippen LogP contribution in [-0.2, 0) is 13.2 Å².